The maximum Gasteiger partial charge on any atom is 2.00 e. The molecular formula is C4H3SZn+. The third kappa shape index (κ3) is 1.69. The van der Waals surface area contributed by atoms with E-state index in [-0.39, 0.29) is 19.5 Å². The first-order valence-corrected chi connectivity index (χ1v) is 2.27. The first-order chi connectivity index (χ1) is 2.50. The van der Waals surface area contributed by atoms with Gasteiger partial charge in [0.25, 0.3) is 0 Å². The van der Waals surface area contributed by atoms with Gasteiger partial charge in [-0.15, -0.1) is 5.38 Å². The van der Waals surface area contributed by atoms with Gasteiger partial charge in [0.15, 0.2) is 0 Å². The Morgan fingerprint density at radius 1 is 1.50 bits per heavy atom. The van der Waals surface area contributed by atoms with E-state index in [4.69, 9.17) is 0 Å². The largest absolute Gasteiger partial charge is 2.00 e. The number of rotatable bonds is 0. The Hall–Kier alpha value is 0.323. The van der Waals surface area contributed by atoms with Crippen LogP contribution in [0.5, 0.6) is 0 Å². The third-order valence-electron chi connectivity index (χ3n) is 0.379. The molecule has 0 amide bonds. The molecule has 1 heterocycles. The molecule has 2 heteroatoms. The van der Waals surface area contributed by atoms with Gasteiger partial charge in [0.2, 0.25) is 0 Å². The third-order valence-corrected chi connectivity index (χ3v) is 0.944. The van der Waals surface area contributed by atoms with Crippen LogP contribution in [0.3, 0.4) is 0 Å². The maximum atomic E-state index is 2.90. The molecule has 0 aliphatic carbocycles. The van der Waals surface area contributed by atoms with E-state index in [1.54, 1.807) is 11.3 Å². The average Bonchev–Trinajstić information content (AvgIpc) is 1.76. The van der Waals surface area contributed by atoms with Crippen LogP contribution in [0.1, 0.15) is 0 Å². The van der Waals surface area contributed by atoms with Crippen LogP contribution in [0, 0.1) is 5.38 Å². The van der Waals surface area contributed by atoms with Crippen molar-refractivity contribution in [3.63, 3.8) is 0 Å². The van der Waals surface area contributed by atoms with Crippen molar-refractivity contribution in [2.75, 3.05) is 0 Å². The monoisotopic (exact) mass is 147 g/mol. The van der Waals surface area contributed by atoms with E-state index in [2.05, 4.69) is 5.38 Å². The molecule has 0 fully saturated rings. The zero-order chi connectivity index (χ0) is 3.54. The Labute approximate surface area is 54.0 Å². The van der Waals surface area contributed by atoms with Crippen LogP contribution in [0.4, 0.5) is 0 Å². The molecule has 0 bridgehead atoms. The van der Waals surface area contributed by atoms with Crippen LogP contribution < -0.4 is 0 Å². The Morgan fingerprint density at radius 3 is 2.50 bits per heavy atom. The molecule has 0 nitrogen and oxygen atoms in total. The topological polar surface area (TPSA) is 0 Å². The van der Waals surface area contributed by atoms with Crippen molar-refractivity contribution in [2.24, 2.45) is 0 Å². The first kappa shape index (κ1) is 6.32. The maximum absolute atomic E-state index is 2.90. The van der Waals surface area contributed by atoms with Crippen molar-refractivity contribution >= 4 is 11.3 Å². The summed E-state index contributed by atoms with van der Waals surface area (Å²) in [6.07, 6.45) is 0. The van der Waals surface area contributed by atoms with Crippen LogP contribution in [0.15, 0.2) is 17.5 Å². The van der Waals surface area contributed by atoms with E-state index >= 15 is 0 Å². The van der Waals surface area contributed by atoms with E-state index in [1.165, 1.54) is 0 Å². The zero-order valence-corrected chi connectivity index (χ0v) is 7.13. The van der Waals surface area contributed by atoms with E-state index < -0.39 is 0 Å². The molecule has 0 saturated carbocycles. The van der Waals surface area contributed by atoms with Crippen LogP contribution in [-0.2, 0) is 19.5 Å². The van der Waals surface area contributed by atoms with Gasteiger partial charge in [0, 0.05) is 0 Å². The summed E-state index contributed by atoms with van der Waals surface area (Å²) in [4.78, 5) is 0. The minimum absolute atomic E-state index is 0. The summed E-state index contributed by atoms with van der Waals surface area (Å²) in [5, 5.41) is 4.89. The van der Waals surface area contributed by atoms with Gasteiger partial charge >= 0.3 is 19.5 Å². The molecule has 26 valence electrons. The molecule has 0 aliphatic heterocycles. The molecule has 6 heavy (non-hydrogen) atoms. The standard InChI is InChI=1S/C4H3S.Zn/c1-2-4-5-3-1;/h1-3H;/q-1;+2. The first-order valence-electron chi connectivity index (χ1n) is 1.40. The molecule has 0 N–H and O–H groups in total. The Bertz CT molecular complexity index is 64.0. The minimum Gasteiger partial charge on any atom is -0.304 e. The van der Waals surface area contributed by atoms with Crippen LogP contribution in [-0.4, -0.2) is 0 Å². The van der Waals surface area contributed by atoms with Crippen molar-refractivity contribution < 1.29 is 19.5 Å². The molecule has 0 atom stereocenters. The van der Waals surface area contributed by atoms with E-state index in [9.17, 15) is 0 Å². The summed E-state index contributed by atoms with van der Waals surface area (Å²) in [5.41, 5.74) is 0. The van der Waals surface area contributed by atoms with Gasteiger partial charge in [0.1, 0.15) is 0 Å². The average molecular weight is 149 g/mol. The van der Waals surface area contributed by atoms with Crippen molar-refractivity contribution in [3.8, 4) is 0 Å². The molecule has 0 aliphatic rings. The summed E-state index contributed by atoms with van der Waals surface area (Å²) in [5.74, 6) is 0. The molecular weight excluding hydrogens is 146 g/mol. The van der Waals surface area contributed by atoms with Gasteiger partial charge in [-0.1, -0.05) is 0 Å². The predicted octanol–water partition coefficient (Wildman–Crippen LogP) is 1.55. The van der Waals surface area contributed by atoms with Gasteiger partial charge in [0.05, 0.1) is 0 Å². The molecule has 0 spiro atoms. The quantitative estimate of drug-likeness (QED) is 0.387. The summed E-state index contributed by atoms with van der Waals surface area (Å²) in [7, 11) is 0. The van der Waals surface area contributed by atoms with Crippen molar-refractivity contribution in [1.82, 2.24) is 0 Å². The van der Waals surface area contributed by atoms with Gasteiger partial charge in [-0.25, -0.2) is 6.07 Å². The number of thiophene rings is 1. The normalized spacial score (nSPS) is 6.67. The van der Waals surface area contributed by atoms with Gasteiger partial charge < -0.3 is 11.3 Å². The minimum atomic E-state index is 0. The number of hydrogen-bond donors (Lipinski definition) is 0. The SMILES string of the molecule is [Zn+2].[c-]1cccs1. The summed E-state index contributed by atoms with van der Waals surface area (Å²) < 4.78 is 0. The fraction of sp³-hybridized carbons (Fsp3) is 0. The molecule has 1 aromatic heterocycles. The Kier molecular flexibility index (Phi) is 3.70. The van der Waals surface area contributed by atoms with Crippen molar-refractivity contribution in [1.29, 1.82) is 0 Å². The van der Waals surface area contributed by atoms with E-state index in [1.807, 2.05) is 17.5 Å². The second kappa shape index (κ2) is 3.51. The van der Waals surface area contributed by atoms with Crippen molar-refractivity contribution in [2.45, 2.75) is 0 Å². The molecule has 0 unspecified atom stereocenters. The fourth-order valence-electron chi connectivity index (χ4n) is 0.196. The zero-order valence-electron chi connectivity index (χ0n) is 3.35. The fourth-order valence-corrected chi connectivity index (χ4v) is 0.589. The van der Waals surface area contributed by atoms with E-state index in [0.29, 0.717) is 0 Å². The number of hydrogen-bond acceptors (Lipinski definition) is 1. The van der Waals surface area contributed by atoms with Crippen molar-refractivity contribution in [3.05, 3.63) is 22.9 Å². The van der Waals surface area contributed by atoms with Crippen LogP contribution in [0.25, 0.3) is 0 Å². The molecule has 0 saturated heterocycles. The van der Waals surface area contributed by atoms with E-state index in [0.717, 1.165) is 0 Å². The summed E-state index contributed by atoms with van der Waals surface area (Å²) >= 11 is 1.59. The molecule has 1 aromatic rings. The Morgan fingerprint density at radius 2 is 2.33 bits per heavy atom. The molecule has 0 radical (unpaired) electrons. The Balaban J connectivity index is 0.000000250. The molecule has 1 rings (SSSR count). The summed E-state index contributed by atoms with van der Waals surface area (Å²) in [6, 6.07) is 3.86. The van der Waals surface area contributed by atoms with Crippen LogP contribution in [0.2, 0.25) is 0 Å². The summed E-state index contributed by atoms with van der Waals surface area (Å²) in [6.45, 7) is 0. The van der Waals surface area contributed by atoms with Gasteiger partial charge in [-0.05, 0) is 0 Å². The second-order valence-electron chi connectivity index (χ2n) is 0.731. The van der Waals surface area contributed by atoms with Gasteiger partial charge in [-0.3, -0.25) is 0 Å². The predicted molar refractivity (Wildman–Crippen MR) is 23.2 cm³/mol. The smallest absolute Gasteiger partial charge is 0.304 e. The molecule has 0 aromatic carbocycles. The van der Waals surface area contributed by atoms with Gasteiger partial charge in [-0.2, -0.15) is 11.4 Å². The van der Waals surface area contributed by atoms with Crippen LogP contribution >= 0.6 is 11.3 Å². The second-order valence-corrected chi connectivity index (χ2v) is 1.47.